The Kier molecular flexibility index (Phi) is 3.18. The maximum absolute atomic E-state index is 10.5. The van der Waals surface area contributed by atoms with Crippen LogP contribution in [0.15, 0.2) is 30.3 Å². The van der Waals surface area contributed by atoms with Crippen LogP contribution in [-0.4, -0.2) is 26.8 Å². The summed E-state index contributed by atoms with van der Waals surface area (Å²) in [4.78, 5) is 10.5. The van der Waals surface area contributed by atoms with Crippen molar-refractivity contribution in [1.29, 1.82) is 0 Å². The van der Waals surface area contributed by atoms with Crippen LogP contribution in [0.3, 0.4) is 0 Å². The van der Waals surface area contributed by atoms with Crippen molar-refractivity contribution in [2.24, 2.45) is 0 Å². The average molecular weight is 170 g/mol. The van der Waals surface area contributed by atoms with E-state index in [1.807, 2.05) is 6.07 Å². The van der Waals surface area contributed by atoms with Crippen molar-refractivity contribution in [3.05, 3.63) is 35.9 Å². The number of rotatable bonds is 3. The van der Waals surface area contributed by atoms with E-state index in [9.17, 15) is 4.79 Å². The number of carboxylic acids is 1. The highest BCUT2D eigenvalue weighted by molar-refractivity contribution is 6.29. The number of hydrogen-bond donors (Lipinski definition) is 1. The molecule has 1 aromatic rings. The van der Waals surface area contributed by atoms with Crippen LogP contribution in [0, 0.1) is 0 Å². The maximum atomic E-state index is 10.5. The van der Waals surface area contributed by atoms with Gasteiger partial charge in [0.1, 0.15) is 0 Å². The van der Waals surface area contributed by atoms with Gasteiger partial charge in [-0.3, -0.25) is 4.79 Å². The molecule has 0 heterocycles. The second kappa shape index (κ2) is 4.17. The molecule has 1 N–H and O–H groups in total. The normalized spacial score (nSPS) is 14.8. The van der Waals surface area contributed by atoms with Gasteiger partial charge in [0, 0.05) is 5.82 Å². The number of aliphatic carboxylic acids is 1. The molecule has 4 radical (unpaired) electrons. The van der Waals surface area contributed by atoms with E-state index in [1.54, 1.807) is 24.3 Å². The van der Waals surface area contributed by atoms with Gasteiger partial charge >= 0.3 is 0 Å². The topological polar surface area (TPSA) is 37.3 Å². The molecule has 0 spiro atoms. The summed E-state index contributed by atoms with van der Waals surface area (Å²) in [6, 6.07) is 8.94. The van der Waals surface area contributed by atoms with Gasteiger partial charge in [0.05, 0.1) is 15.7 Å². The lowest BCUT2D eigenvalue weighted by Gasteiger charge is -2.16. The zero-order valence-corrected chi connectivity index (χ0v) is 7.05. The molecule has 2 nitrogen and oxygen atoms in total. The SMILES string of the molecule is [B]C(C(=O)O)C([B])c1ccccc1. The van der Waals surface area contributed by atoms with Crippen LogP contribution >= 0.6 is 0 Å². The number of carbonyl (C=O) groups is 1. The number of hydrogen-bond acceptors (Lipinski definition) is 1. The second-order valence-electron chi connectivity index (χ2n) is 2.80. The molecular weight excluding hydrogens is 162 g/mol. The van der Waals surface area contributed by atoms with Crippen LogP contribution in [0.1, 0.15) is 11.4 Å². The Morgan fingerprint density at radius 1 is 1.23 bits per heavy atom. The highest BCUT2D eigenvalue weighted by Gasteiger charge is 2.19. The first kappa shape index (κ1) is 9.90. The van der Waals surface area contributed by atoms with E-state index in [0.717, 1.165) is 5.56 Å². The molecule has 0 aliphatic rings. The van der Waals surface area contributed by atoms with Crippen LogP contribution in [0.5, 0.6) is 0 Å². The van der Waals surface area contributed by atoms with E-state index < -0.39 is 17.6 Å². The van der Waals surface area contributed by atoms with E-state index in [1.165, 1.54) is 0 Å². The Balaban J connectivity index is 2.79. The lowest BCUT2D eigenvalue weighted by atomic mass is 9.64. The third-order valence-electron chi connectivity index (χ3n) is 1.86. The van der Waals surface area contributed by atoms with Gasteiger partial charge in [0.2, 0.25) is 0 Å². The molecule has 1 aromatic carbocycles. The summed E-state index contributed by atoms with van der Waals surface area (Å²) in [5, 5.41) is 8.61. The smallest absolute Gasteiger partial charge is 0.297 e. The molecule has 62 valence electrons. The van der Waals surface area contributed by atoms with Gasteiger partial charge in [0.15, 0.2) is 0 Å². The lowest BCUT2D eigenvalue weighted by Crippen LogP contribution is -2.16. The van der Waals surface area contributed by atoms with Crippen molar-refractivity contribution < 1.29 is 9.90 Å². The molecule has 0 saturated carbocycles. The first-order valence-electron chi connectivity index (χ1n) is 3.92. The summed E-state index contributed by atoms with van der Waals surface area (Å²) < 4.78 is 0. The number of benzene rings is 1. The fourth-order valence-corrected chi connectivity index (χ4v) is 1.04. The summed E-state index contributed by atoms with van der Waals surface area (Å²) in [6.07, 6.45) is 0. The Labute approximate surface area is 79.8 Å². The van der Waals surface area contributed by atoms with E-state index in [4.69, 9.17) is 20.8 Å². The molecule has 0 saturated heterocycles. The monoisotopic (exact) mass is 170 g/mol. The van der Waals surface area contributed by atoms with Crippen molar-refractivity contribution >= 4 is 21.7 Å². The predicted molar refractivity (Wildman–Crippen MR) is 52.1 cm³/mol. The van der Waals surface area contributed by atoms with Crippen LogP contribution < -0.4 is 0 Å². The van der Waals surface area contributed by atoms with E-state index in [0.29, 0.717) is 0 Å². The molecule has 0 aromatic heterocycles. The third-order valence-corrected chi connectivity index (χ3v) is 1.86. The van der Waals surface area contributed by atoms with Crippen LogP contribution in [0.2, 0.25) is 5.82 Å². The van der Waals surface area contributed by atoms with Crippen molar-refractivity contribution in [3.8, 4) is 0 Å². The summed E-state index contributed by atoms with van der Waals surface area (Å²) in [6.45, 7) is 0. The third kappa shape index (κ3) is 2.38. The van der Waals surface area contributed by atoms with Gasteiger partial charge in [-0.15, -0.1) is 0 Å². The zero-order chi connectivity index (χ0) is 9.84. The minimum absolute atomic E-state index is 0.654. The van der Waals surface area contributed by atoms with Crippen molar-refractivity contribution in [2.45, 2.75) is 11.6 Å². The molecule has 13 heavy (non-hydrogen) atoms. The Morgan fingerprint density at radius 3 is 2.23 bits per heavy atom. The first-order chi connectivity index (χ1) is 6.13. The van der Waals surface area contributed by atoms with Crippen molar-refractivity contribution in [3.63, 3.8) is 0 Å². The Hall–Kier alpha value is -1.18. The van der Waals surface area contributed by atoms with Crippen molar-refractivity contribution in [1.82, 2.24) is 0 Å². The van der Waals surface area contributed by atoms with Gasteiger partial charge in [0.25, 0.3) is 5.97 Å². The van der Waals surface area contributed by atoms with Crippen LogP contribution in [-0.2, 0) is 4.79 Å². The molecule has 0 bridgehead atoms. The summed E-state index contributed by atoms with van der Waals surface area (Å²) >= 11 is 0. The maximum Gasteiger partial charge on any atom is 0.297 e. The van der Waals surface area contributed by atoms with E-state index >= 15 is 0 Å². The van der Waals surface area contributed by atoms with Gasteiger partial charge in [-0.25, -0.2) is 0 Å². The van der Waals surface area contributed by atoms with Crippen LogP contribution in [0.4, 0.5) is 0 Å². The van der Waals surface area contributed by atoms with E-state index in [-0.39, 0.29) is 0 Å². The molecular formula is C9H8B2O2. The average Bonchev–Trinajstić information content (AvgIpc) is 2.17. The highest BCUT2D eigenvalue weighted by atomic mass is 16.4. The second-order valence-corrected chi connectivity index (χ2v) is 2.80. The summed E-state index contributed by atoms with van der Waals surface area (Å²) in [5.74, 6) is -2.79. The molecule has 2 unspecified atom stereocenters. The highest BCUT2D eigenvalue weighted by Crippen LogP contribution is 2.23. The largest absolute Gasteiger partial charge is 0.482 e. The zero-order valence-electron chi connectivity index (χ0n) is 7.05. The Morgan fingerprint density at radius 2 is 1.77 bits per heavy atom. The Bertz CT molecular complexity index is 287. The quantitative estimate of drug-likeness (QED) is 0.685. The predicted octanol–water partition coefficient (Wildman–Crippen LogP) is 0.938. The van der Waals surface area contributed by atoms with Gasteiger partial charge in [-0.2, -0.15) is 0 Å². The molecule has 0 aliphatic heterocycles. The van der Waals surface area contributed by atoms with Crippen LogP contribution in [0.25, 0.3) is 0 Å². The fourth-order valence-electron chi connectivity index (χ4n) is 1.04. The molecule has 0 aliphatic carbocycles. The molecule has 0 fully saturated rings. The van der Waals surface area contributed by atoms with E-state index in [2.05, 4.69) is 0 Å². The van der Waals surface area contributed by atoms with Gasteiger partial charge in [-0.1, -0.05) is 35.9 Å². The minimum Gasteiger partial charge on any atom is -0.482 e. The summed E-state index contributed by atoms with van der Waals surface area (Å²) in [5.41, 5.74) is 0.734. The standard InChI is InChI=1S/C9H8B2O2/c10-7(8(11)9(12)13)6-4-2-1-3-5-6/h1-5,7-8H,(H,12,13). The molecule has 2 atom stereocenters. The number of carboxylic acid groups (broad SMARTS) is 1. The fraction of sp³-hybridized carbons (Fsp3) is 0.222. The van der Waals surface area contributed by atoms with Gasteiger partial charge < -0.3 is 5.11 Å². The van der Waals surface area contributed by atoms with Gasteiger partial charge in [-0.05, 0) is 5.82 Å². The first-order valence-corrected chi connectivity index (χ1v) is 3.92. The lowest BCUT2D eigenvalue weighted by molar-refractivity contribution is -0.136. The molecule has 4 heteroatoms. The minimum atomic E-state index is -1.09. The molecule has 0 amide bonds. The summed E-state index contributed by atoms with van der Waals surface area (Å²) in [7, 11) is 11.0. The molecule has 1 rings (SSSR count). The van der Waals surface area contributed by atoms with Crippen molar-refractivity contribution in [2.75, 3.05) is 0 Å².